The molecule has 0 spiro atoms. The number of rotatable bonds is 3. The van der Waals surface area contributed by atoms with Gasteiger partial charge in [-0.15, -0.1) is 11.3 Å². The van der Waals surface area contributed by atoms with E-state index in [-0.39, 0.29) is 23.7 Å². The number of anilines is 1. The van der Waals surface area contributed by atoms with Gasteiger partial charge in [-0.2, -0.15) is 0 Å². The monoisotopic (exact) mass is 409 g/mol. The van der Waals surface area contributed by atoms with Crippen molar-refractivity contribution in [3.05, 3.63) is 69.4 Å². The Hall–Kier alpha value is -3.06. The highest BCUT2D eigenvalue weighted by molar-refractivity contribution is 7.10. The molecular formula is C22H17F2N3OS. The van der Waals surface area contributed by atoms with Crippen LogP contribution in [0, 0.1) is 18.6 Å². The normalized spacial score (nSPS) is 17.7. The fourth-order valence-electron chi connectivity index (χ4n) is 3.91. The number of carbonyl (C=O) groups is 1. The Balaban J connectivity index is 1.55. The standard InChI is InChI=1S/C22H17F2N3OS/c1-12-8-14(11-29-12)16-4-5-17(21(24)20(16)23)19-10-26-22(28)27(19)15-3-2-13-6-7-25-18(13)9-15/h2-5,7-9,11,19H,6,10H2,1H3,(H,26,28). The largest absolute Gasteiger partial charge is 0.335 e. The molecule has 7 heteroatoms. The lowest BCUT2D eigenvalue weighted by Crippen LogP contribution is -2.30. The number of hydrogen-bond acceptors (Lipinski definition) is 3. The first kappa shape index (κ1) is 18.0. The Morgan fingerprint density at radius 3 is 2.83 bits per heavy atom. The summed E-state index contributed by atoms with van der Waals surface area (Å²) in [6.07, 6.45) is 2.57. The summed E-state index contributed by atoms with van der Waals surface area (Å²) in [6, 6.07) is 9.57. The lowest BCUT2D eigenvalue weighted by molar-refractivity contribution is 0.251. The van der Waals surface area contributed by atoms with Crippen molar-refractivity contribution in [2.24, 2.45) is 4.99 Å². The fourth-order valence-corrected chi connectivity index (χ4v) is 4.62. The van der Waals surface area contributed by atoms with Crippen LogP contribution in [0.3, 0.4) is 0 Å². The third-order valence-electron chi connectivity index (χ3n) is 5.38. The number of carbonyl (C=O) groups excluding carboxylic acids is 1. The number of benzene rings is 2. The highest BCUT2D eigenvalue weighted by atomic mass is 32.1. The molecular weight excluding hydrogens is 392 g/mol. The Labute approximate surface area is 170 Å². The number of nitrogens with zero attached hydrogens (tertiary/aromatic N) is 2. The Morgan fingerprint density at radius 2 is 2.03 bits per heavy atom. The zero-order valence-corrected chi connectivity index (χ0v) is 16.4. The van der Waals surface area contributed by atoms with Gasteiger partial charge in [0.25, 0.3) is 0 Å². The van der Waals surface area contributed by atoms with Crippen LogP contribution in [-0.4, -0.2) is 18.8 Å². The van der Waals surface area contributed by atoms with E-state index in [9.17, 15) is 9.18 Å². The van der Waals surface area contributed by atoms with E-state index in [0.29, 0.717) is 11.3 Å². The van der Waals surface area contributed by atoms with Crippen LogP contribution in [0.25, 0.3) is 11.1 Å². The molecule has 5 rings (SSSR count). The number of fused-ring (bicyclic) bond motifs is 1. The van der Waals surface area contributed by atoms with Crippen molar-refractivity contribution in [3.8, 4) is 11.1 Å². The van der Waals surface area contributed by atoms with Crippen molar-refractivity contribution in [2.75, 3.05) is 11.4 Å². The summed E-state index contributed by atoms with van der Waals surface area (Å²) >= 11 is 1.49. The summed E-state index contributed by atoms with van der Waals surface area (Å²) in [6.45, 7) is 2.12. The summed E-state index contributed by atoms with van der Waals surface area (Å²) < 4.78 is 30.0. The molecule has 2 aliphatic heterocycles. The first-order valence-corrected chi connectivity index (χ1v) is 10.2. The second kappa shape index (κ2) is 6.77. The minimum atomic E-state index is -0.919. The summed E-state index contributed by atoms with van der Waals surface area (Å²) in [7, 11) is 0. The molecule has 2 aliphatic rings. The highest BCUT2D eigenvalue weighted by Crippen LogP contribution is 2.38. The number of hydrogen-bond donors (Lipinski definition) is 1. The topological polar surface area (TPSA) is 44.7 Å². The van der Waals surface area contributed by atoms with Crippen molar-refractivity contribution < 1.29 is 13.6 Å². The van der Waals surface area contributed by atoms with E-state index in [1.165, 1.54) is 16.2 Å². The minimum Gasteiger partial charge on any atom is -0.335 e. The van der Waals surface area contributed by atoms with E-state index in [4.69, 9.17) is 0 Å². The molecule has 29 heavy (non-hydrogen) atoms. The maximum absolute atomic E-state index is 15.1. The SMILES string of the molecule is Cc1cc(-c2ccc(C3CNC(=O)N3c3ccc4c(c3)N=CC4)c(F)c2F)cs1. The first-order chi connectivity index (χ1) is 14.0. The molecule has 2 aromatic carbocycles. The molecule has 3 aromatic rings. The van der Waals surface area contributed by atoms with E-state index in [2.05, 4.69) is 10.3 Å². The van der Waals surface area contributed by atoms with Gasteiger partial charge < -0.3 is 5.32 Å². The molecule has 1 unspecified atom stereocenters. The number of urea groups is 1. The van der Waals surface area contributed by atoms with Gasteiger partial charge in [-0.1, -0.05) is 18.2 Å². The van der Waals surface area contributed by atoms with Crippen LogP contribution in [-0.2, 0) is 6.42 Å². The molecule has 1 fully saturated rings. The number of amides is 2. The molecule has 1 saturated heterocycles. The van der Waals surface area contributed by atoms with E-state index in [1.54, 1.807) is 12.1 Å². The van der Waals surface area contributed by atoms with Gasteiger partial charge in [-0.3, -0.25) is 9.89 Å². The first-order valence-electron chi connectivity index (χ1n) is 9.29. The fraction of sp³-hybridized carbons (Fsp3) is 0.182. The number of nitrogens with one attached hydrogen (secondary N) is 1. The van der Waals surface area contributed by atoms with Crippen LogP contribution in [0.2, 0.25) is 0 Å². The highest BCUT2D eigenvalue weighted by Gasteiger charge is 2.36. The predicted octanol–water partition coefficient (Wildman–Crippen LogP) is 5.53. The smallest absolute Gasteiger partial charge is 0.322 e. The Bertz CT molecular complexity index is 1170. The third-order valence-corrected chi connectivity index (χ3v) is 6.24. The average molecular weight is 409 g/mol. The predicted molar refractivity (Wildman–Crippen MR) is 111 cm³/mol. The molecule has 146 valence electrons. The van der Waals surface area contributed by atoms with Gasteiger partial charge >= 0.3 is 6.03 Å². The van der Waals surface area contributed by atoms with Crippen LogP contribution in [0.5, 0.6) is 0 Å². The van der Waals surface area contributed by atoms with Crippen LogP contribution in [0.1, 0.15) is 22.0 Å². The maximum atomic E-state index is 15.1. The molecule has 3 heterocycles. The lowest BCUT2D eigenvalue weighted by Gasteiger charge is -2.24. The molecule has 0 radical (unpaired) electrons. The van der Waals surface area contributed by atoms with Gasteiger partial charge in [0.05, 0.1) is 11.7 Å². The summed E-state index contributed by atoms with van der Waals surface area (Å²) in [5, 5.41) is 4.55. The van der Waals surface area contributed by atoms with Gasteiger partial charge in [-0.05, 0) is 41.6 Å². The number of aryl methyl sites for hydroxylation is 1. The number of aliphatic imine (C=N–C) groups is 1. The van der Waals surface area contributed by atoms with Gasteiger partial charge in [0, 0.05) is 40.9 Å². The van der Waals surface area contributed by atoms with Crippen LogP contribution < -0.4 is 10.2 Å². The molecule has 1 N–H and O–H groups in total. The maximum Gasteiger partial charge on any atom is 0.322 e. The van der Waals surface area contributed by atoms with Crippen molar-refractivity contribution in [3.63, 3.8) is 0 Å². The summed E-state index contributed by atoms with van der Waals surface area (Å²) in [5.41, 5.74) is 3.53. The van der Waals surface area contributed by atoms with Crippen molar-refractivity contribution in [2.45, 2.75) is 19.4 Å². The van der Waals surface area contributed by atoms with Crippen molar-refractivity contribution in [1.29, 1.82) is 0 Å². The Morgan fingerprint density at radius 1 is 1.17 bits per heavy atom. The average Bonchev–Trinajstić information content (AvgIpc) is 3.43. The van der Waals surface area contributed by atoms with Gasteiger partial charge in [0.2, 0.25) is 0 Å². The van der Waals surface area contributed by atoms with Crippen molar-refractivity contribution in [1.82, 2.24) is 5.32 Å². The quantitative estimate of drug-likeness (QED) is 0.607. The number of halogens is 2. The van der Waals surface area contributed by atoms with Gasteiger partial charge in [-0.25, -0.2) is 13.6 Å². The molecule has 1 aromatic heterocycles. The van der Waals surface area contributed by atoms with Crippen LogP contribution >= 0.6 is 11.3 Å². The van der Waals surface area contributed by atoms with Crippen molar-refractivity contribution >= 4 is 35.0 Å². The summed E-state index contributed by atoms with van der Waals surface area (Å²) in [5.74, 6) is -1.81. The van der Waals surface area contributed by atoms with E-state index in [0.717, 1.165) is 22.5 Å². The zero-order valence-electron chi connectivity index (χ0n) is 15.6. The molecule has 1 atom stereocenters. The molecule has 2 amide bonds. The van der Waals surface area contributed by atoms with E-state index < -0.39 is 17.7 Å². The second-order valence-electron chi connectivity index (χ2n) is 7.18. The lowest BCUT2D eigenvalue weighted by atomic mass is 9.99. The second-order valence-corrected chi connectivity index (χ2v) is 8.29. The molecule has 4 nitrogen and oxygen atoms in total. The number of thiophene rings is 1. The molecule has 0 saturated carbocycles. The summed E-state index contributed by atoms with van der Waals surface area (Å²) in [4.78, 5) is 19.3. The van der Waals surface area contributed by atoms with Gasteiger partial charge in [0.1, 0.15) is 0 Å². The zero-order chi connectivity index (χ0) is 20.1. The Kier molecular flexibility index (Phi) is 4.20. The van der Waals surface area contributed by atoms with Gasteiger partial charge in [0.15, 0.2) is 11.6 Å². The van der Waals surface area contributed by atoms with Crippen LogP contribution in [0.4, 0.5) is 25.0 Å². The van der Waals surface area contributed by atoms with E-state index >= 15 is 4.39 Å². The minimum absolute atomic E-state index is 0.153. The van der Waals surface area contributed by atoms with Crippen LogP contribution in [0.15, 0.2) is 46.8 Å². The van der Waals surface area contributed by atoms with E-state index in [1.807, 2.05) is 42.8 Å². The third kappa shape index (κ3) is 2.93. The molecule has 0 bridgehead atoms. The molecule has 0 aliphatic carbocycles.